The summed E-state index contributed by atoms with van der Waals surface area (Å²) in [6.07, 6.45) is 2.61. The zero-order valence-corrected chi connectivity index (χ0v) is 12.7. The van der Waals surface area contributed by atoms with Gasteiger partial charge in [0.15, 0.2) is 0 Å². The molecule has 0 spiro atoms. The van der Waals surface area contributed by atoms with Crippen molar-refractivity contribution in [1.82, 2.24) is 4.31 Å². The number of hydrogen-bond donors (Lipinski definition) is 0. The van der Waals surface area contributed by atoms with Crippen molar-refractivity contribution in [2.24, 2.45) is 0 Å². The highest BCUT2D eigenvalue weighted by Crippen LogP contribution is 2.31. The average molecular weight is 326 g/mol. The first-order valence-corrected chi connectivity index (χ1v) is 8.25. The SMILES string of the molecule is CN(C1CCC1)S(=O)(=O)c1cc(Cl)cc(CCl)c1F. The van der Waals surface area contributed by atoms with Crippen molar-refractivity contribution < 1.29 is 12.8 Å². The highest BCUT2D eigenvalue weighted by atomic mass is 35.5. The number of hydrogen-bond acceptors (Lipinski definition) is 2. The average Bonchev–Trinajstić information content (AvgIpc) is 2.29. The maximum absolute atomic E-state index is 14.1. The zero-order chi connectivity index (χ0) is 14.2. The number of benzene rings is 1. The first kappa shape index (κ1) is 15.0. The molecule has 0 heterocycles. The molecule has 0 radical (unpaired) electrons. The summed E-state index contributed by atoms with van der Waals surface area (Å²) in [7, 11) is -2.40. The molecule has 106 valence electrons. The summed E-state index contributed by atoms with van der Waals surface area (Å²) < 4.78 is 40.2. The van der Waals surface area contributed by atoms with Crippen LogP contribution in [0.1, 0.15) is 24.8 Å². The number of alkyl halides is 1. The molecule has 0 atom stereocenters. The molecule has 0 saturated heterocycles. The lowest BCUT2D eigenvalue weighted by atomic mass is 9.94. The van der Waals surface area contributed by atoms with Crippen LogP contribution in [0.3, 0.4) is 0 Å². The molecule has 7 heteroatoms. The summed E-state index contributed by atoms with van der Waals surface area (Å²) in [4.78, 5) is -0.398. The van der Waals surface area contributed by atoms with Crippen molar-refractivity contribution in [2.45, 2.75) is 36.1 Å². The minimum absolute atomic E-state index is 0.0529. The number of halogens is 3. The van der Waals surface area contributed by atoms with E-state index in [1.165, 1.54) is 17.4 Å². The van der Waals surface area contributed by atoms with E-state index in [2.05, 4.69) is 0 Å². The van der Waals surface area contributed by atoms with Crippen LogP contribution in [-0.4, -0.2) is 25.8 Å². The van der Waals surface area contributed by atoms with Gasteiger partial charge in [-0.3, -0.25) is 0 Å². The summed E-state index contributed by atoms with van der Waals surface area (Å²) >= 11 is 11.4. The van der Waals surface area contributed by atoms with Crippen LogP contribution in [0.25, 0.3) is 0 Å². The Hall–Kier alpha value is -0.360. The van der Waals surface area contributed by atoms with E-state index in [0.29, 0.717) is 0 Å². The molecule has 0 bridgehead atoms. The molecule has 1 aliphatic rings. The second-order valence-electron chi connectivity index (χ2n) is 4.62. The van der Waals surface area contributed by atoms with Crippen LogP contribution in [0.4, 0.5) is 4.39 Å². The first-order chi connectivity index (χ1) is 8.87. The molecule has 1 saturated carbocycles. The summed E-state index contributed by atoms with van der Waals surface area (Å²) in [5.41, 5.74) is 0.0924. The molecule has 0 amide bonds. The van der Waals surface area contributed by atoms with Crippen molar-refractivity contribution in [2.75, 3.05) is 7.05 Å². The van der Waals surface area contributed by atoms with Gasteiger partial charge in [0, 0.05) is 23.7 Å². The van der Waals surface area contributed by atoms with E-state index in [-0.39, 0.29) is 22.5 Å². The van der Waals surface area contributed by atoms with E-state index >= 15 is 0 Å². The fourth-order valence-corrected chi connectivity index (χ4v) is 4.05. The van der Waals surface area contributed by atoms with Crippen LogP contribution in [0.15, 0.2) is 17.0 Å². The summed E-state index contributed by atoms with van der Waals surface area (Å²) in [5.74, 6) is -0.937. The van der Waals surface area contributed by atoms with Crippen LogP contribution < -0.4 is 0 Å². The van der Waals surface area contributed by atoms with E-state index in [0.717, 1.165) is 25.3 Å². The normalized spacial score (nSPS) is 16.7. The Morgan fingerprint density at radius 3 is 2.53 bits per heavy atom. The van der Waals surface area contributed by atoms with Crippen molar-refractivity contribution in [3.05, 3.63) is 28.5 Å². The predicted octanol–water partition coefficient (Wildman–Crippen LogP) is 3.39. The monoisotopic (exact) mass is 325 g/mol. The second kappa shape index (κ2) is 5.56. The third kappa shape index (κ3) is 2.75. The number of rotatable bonds is 4. The Labute approximate surface area is 122 Å². The smallest absolute Gasteiger partial charge is 0.207 e. The molecule has 0 unspecified atom stereocenters. The van der Waals surface area contributed by atoms with Gasteiger partial charge in [-0.2, -0.15) is 4.31 Å². The molecule has 0 aliphatic heterocycles. The Bertz CT molecular complexity index is 588. The molecule has 2 rings (SSSR count). The van der Waals surface area contributed by atoms with Gasteiger partial charge < -0.3 is 0 Å². The Kier molecular flexibility index (Phi) is 4.40. The van der Waals surface area contributed by atoms with Gasteiger partial charge in [0.25, 0.3) is 0 Å². The lowest BCUT2D eigenvalue weighted by Gasteiger charge is -2.33. The van der Waals surface area contributed by atoms with Gasteiger partial charge in [0.2, 0.25) is 10.0 Å². The zero-order valence-electron chi connectivity index (χ0n) is 10.4. The van der Waals surface area contributed by atoms with Gasteiger partial charge in [0.05, 0.1) is 5.88 Å². The van der Waals surface area contributed by atoms with E-state index in [4.69, 9.17) is 23.2 Å². The molecule has 1 aromatic rings. The molecular formula is C12H14Cl2FNO2S. The van der Waals surface area contributed by atoms with Crippen LogP contribution in [0.2, 0.25) is 5.02 Å². The lowest BCUT2D eigenvalue weighted by Crippen LogP contribution is -2.41. The van der Waals surface area contributed by atoms with Gasteiger partial charge in [-0.15, -0.1) is 11.6 Å². The van der Waals surface area contributed by atoms with E-state index in [1.807, 2.05) is 0 Å². The minimum atomic E-state index is -3.87. The first-order valence-electron chi connectivity index (χ1n) is 5.90. The largest absolute Gasteiger partial charge is 0.246 e. The quantitative estimate of drug-likeness (QED) is 0.796. The molecule has 0 aromatic heterocycles. The van der Waals surface area contributed by atoms with Crippen LogP contribution in [0, 0.1) is 5.82 Å². The topological polar surface area (TPSA) is 37.4 Å². The molecular weight excluding hydrogens is 312 g/mol. The maximum Gasteiger partial charge on any atom is 0.246 e. The van der Waals surface area contributed by atoms with Gasteiger partial charge in [0.1, 0.15) is 10.7 Å². The minimum Gasteiger partial charge on any atom is -0.207 e. The van der Waals surface area contributed by atoms with Crippen molar-refractivity contribution in [3.8, 4) is 0 Å². The van der Waals surface area contributed by atoms with Gasteiger partial charge in [-0.25, -0.2) is 12.8 Å². The van der Waals surface area contributed by atoms with Crippen molar-refractivity contribution in [1.29, 1.82) is 0 Å². The van der Waals surface area contributed by atoms with Crippen molar-refractivity contribution in [3.63, 3.8) is 0 Å². The maximum atomic E-state index is 14.1. The Morgan fingerprint density at radius 2 is 2.05 bits per heavy atom. The van der Waals surface area contributed by atoms with Crippen LogP contribution >= 0.6 is 23.2 Å². The molecule has 19 heavy (non-hydrogen) atoms. The lowest BCUT2D eigenvalue weighted by molar-refractivity contribution is 0.249. The third-order valence-electron chi connectivity index (χ3n) is 3.47. The molecule has 1 aromatic carbocycles. The van der Waals surface area contributed by atoms with Gasteiger partial charge in [-0.05, 0) is 25.0 Å². The highest BCUT2D eigenvalue weighted by Gasteiger charge is 2.34. The van der Waals surface area contributed by atoms with Crippen LogP contribution in [0.5, 0.6) is 0 Å². The number of nitrogens with zero attached hydrogens (tertiary/aromatic N) is 1. The predicted molar refractivity (Wildman–Crippen MR) is 73.6 cm³/mol. The Morgan fingerprint density at radius 1 is 1.42 bits per heavy atom. The van der Waals surface area contributed by atoms with E-state index in [1.54, 1.807) is 0 Å². The summed E-state index contributed by atoms with van der Waals surface area (Å²) in [6.45, 7) is 0. The summed E-state index contributed by atoms with van der Waals surface area (Å²) in [6, 6.07) is 2.42. The van der Waals surface area contributed by atoms with Gasteiger partial charge in [-0.1, -0.05) is 18.0 Å². The fraction of sp³-hybridized carbons (Fsp3) is 0.500. The molecule has 1 aliphatic carbocycles. The fourth-order valence-electron chi connectivity index (χ4n) is 2.00. The van der Waals surface area contributed by atoms with Crippen molar-refractivity contribution >= 4 is 33.2 Å². The van der Waals surface area contributed by atoms with E-state index in [9.17, 15) is 12.8 Å². The second-order valence-corrected chi connectivity index (χ2v) is 7.29. The molecule has 3 nitrogen and oxygen atoms in total. The van der Waals surface area contributed by atoms with E-state index < -0.39 is 20.7 Å². The highest BCUT2D eigenvalue weighted by molar-refractivity contribution is 7.89. The molecule has 1 fully saturated rings. The summed E-state index contributed by atoms with van der Waals surface area (Å²) in [5, 5.41) is 0.164. The number of sulfonamides is 1. The molecule has 0 N–H and O–H groups in total. The Balaban J connectivity index is 2.47. The third-order valence-corrected chi connectivity index (χ3v) is 5.88. The van der Waals surface area contributed by atoms with Gasteiger partial charge >= 0.3 is 0 Å². The van der Waals surface area contributed by atoms with Crippen LogP contribution in [-0.2, 0) is 15.9 Å². The standard InChI is InChI=1S/C12H14Cl2FNO2S/c1-16(10-3-2-4-10)19(17,18)11-6-9(14)5-8(7-13)12(11)15/h5-6,10H,2-4,7H2,1H3.